The summed E-state index contributed by atoms with van der Waals surface area (Å²) in [5.74, 6) is -1.87. The highest BCUT2D eigenvalue weighted by Gasteiger charge is 2.28. The van der Waals surface area contributed by atoms with Gasteiger partial charge in [-0.1, -0.05) is 27.2 Å². The maximum atomic E-state index is 12.1. The van der Waals surface area contributed by atoms with Crippen molar-refractivity contribution in [1.29, 1.82) is 0 Å². The number of aliphatic hydroxyl groups excluding tert-OH is 1. The van der Waals surface area contributed by atoms with Crippen LogP contribution in [0.1, 0.15) is 33.6 Å². The van der Waals surface area contributed by atoms with Crippen LogP contribution in [0, 0.1) is 5.92 Å². The van der Waals surface area contributed by atoms with Crippen molar-refractivity contribution in [3.63, 3.8) is 0 Å². The molecule has 0 heterocycles. The normalized spacial score (nSPS) is 14.1. The molecule has 0 saturated carbocycles. The Balaban J connectivity index is 4.70. The van der Waals surface area contributed by atoms with Gasteiger partial charge in [-0.3, -0.25) is 14.4 Å². The molecule has 2 unspecified atom stereocenters. The zero-order valence-electron chi connectivity index (χ0n) is 15.9. The fourth-order valence-electron chi connectivity index (χ4n) is 2.25. The fraction of sp³-hybridized carbons (Fsp3) is 0.750. The second-order valence-electron chi connectivity index (χ2n) is 6.53. The van der Waals surface area contributed by atoms with Gasteiger partial charge < -0.3 is 31.1 Å². The fourth-order valence-corrected chi connectivity index (χ4v) is 2.25. The van der Waals surface area contributed by atoms with E-state index in [-0.39, 0.29) is 18.2 Å². The lowest BCUT2D eigenvalue weighted by Gasteiger charge is -2.25. The Morgan fingerprint density at radius 1 is 1.08 bits per heavy atom. The Kier molecular flexibility index (Phi) is 10.3. The van der Waals surface area contributed by atoms with Crippen LogP contribution >= 0.6 is 0 Å². The first-order valence-electron chi connectivity index (χ1n) is 8.46. The molecule has 0 fully saturated rings. The molecule has 0 aromatic carbocycles. The van der Waals surface area contributed by atoms with Crippen LogP contribution in [0.25, 0.3) is 0 Å². The molecule has 5 N–H and O–H groups in total. The molecule has 0 aliphatic carbocycles. The zero-order chi connectivity index (χ0) is 20.4. The minimum atomic E-state index is -1.62. The first-order valence-corrected chi connectivity index (χ1v) is 8.46. The van der Waals surface area contributed by atoms with Gasteiger partial charge in [0.2, 0.25) is 11.8 Å². The average molecular weight is 374 g/mol. The number of hydrogen-bond acceptors (Lipinski definition) is 5. The molecule has 0 bridgehead atoms. The summed E-state index contributed by atoms with van der Waals surface area (Å²) in [6, 6.07) is -1.71. The number of nitrogens with one attached hydrogen (secondary N) is 3. The molecular formula is C16H30N4O6. The minimum Gasteiger partial charge on any atom is -0.465 e. The third-order valence-corrected chi connectivity index (χ3v) is 3.67. The van der Waals surface area contributed by atoms with E-state index >= 15 is 0 Å². The van der Waals surface area contributed by atoms with Crippen LogP contribution < -0.4 is 16.0 Å². The summed E-state index contributed by atoms with van der Waals surface area (Å²) >= 11 is 0. The van der Waals surface area contributed by atoms with Crippen LogP contribution in [0.15, 0.2) is 0 Å². The zero-order valence-corrected chi connectivity index (χ0v) is 15.9. The number of hydrogen-bond donors (Lipinski definition) is 5. The minimum absolute atomic E-state index is 0.149. The standard InChI is InChI=1S/C16H30N4O6/c1-6-7-10(18-16(25)26)13(22)14(23)17-8-11(21)19-12(9(2)3)15(24)20(4)5/h9-10,12-13,18,22H,6-8H2,1-5H3,(H,17,23)(H,19,21)(H,25,26)/t10?,12-,13?/m0/s1. The number of likely N-dealkylation sites (N-methyl/N-ethyl adjacent to an activating group) is 1. The van der Waals surface area contributed by atoms with Crippen molar-refractivity contribution < 1.29 is 29.4 Å². The van der Waals surface area contributed by atoms with Crippen molar-refractivity contribution >= 4 is 23.8 Å². The topological polar surface area (TPSA) is 148 Å². The van der Waals surface area contributed by atoms with Gasteiger partial charge in [0.15, 0.2) is 6.10 Å². The van der Waals surface area contributed by atoms with Gasteiger partial charge in [0.05, 0.1) is 12.6 Å². The number of carbonyl (C=O) groups is 4. The molecule has 0 aromatic rings. The predicted molar refractivity (Wildman–Crippen MR) is 94.3 cm³/mol. The molecule has 0 aliphatic rings. The van der Waals surface area contributed by atoms with Crippen molar-refractivity contribution in [1.82, 2.24) is 20.9 Å². The molecule has 0 aromatic heterocycles. The SMILES string of the molecule is CCCC(NC(=O)O)C(O)C(=O)NCC(=O)N[C@H](C(=O)N(C)C)C(C)C. The Hall–Kier alpha value is -2.36. The summed E-state index contributed by atoms with van der Waals surface area (Å²) in [6.07, 6.45) is -2.16. The van der Waals surface area contributed by atoms with Gasteiger partial charge in [0, 0.05) is 14.1 Å². The van der Waals surface area contributed by atoms with Crippen LogP contribution in [0.2, 0.25) is 0 Å². The van der Waals surface area contributed by atoms with E-state index in [0.29, 0.717) is 6.42 Å². The first kappa shape index (κ1) is 23.6. The Bertz CT molecular complexity index is 509. The second-order valence-corrected chi connectivity index (χ2v) is 6.53. The molecule has 0 aliphatic heterocycles. The summed E-state index contributed by atoms with van der Waals surface area (Å²) < 4.78 is 0. The van der Waals surface area contributed by atoms with Crippen LogP contribution in [0.3, 0.4) is 0 Å². The van der Waals surface area contributed by atoms with Crippen molar-refractivity contribution in [3.8, 4) is 0 Å². The Morgan fingerprint density at radius 2 is 1.65 bits per heavy atom. The maximum absolute atomic E-state index is 12.1. The van der Waals surface area contributed by atoms with Gasteiger partial charge >= 0.3 is 6.09 Å². The highest BCUT2D eigenvalue weighted by molar-refractivity contribution is 5.91. The molecule has 150 valence electrons. The molecule has 0 saturated heterocycles. The monoisotopic (exact) mass is 374 g/mol. The van der Waals surface area contributed by atoms with Gasteiger partial charge in [0.1, 0.15) is 6.04 Å². The quantitative estimate of drug-likeness (QED) is 0.336. The summed E-state index contributed by atoms with van der Waals surface area (Å²) in [5.41, 5.74) is 0. The lowest BCUT2D eigenvalue weighted by atomic mass is 10.0. The molecule has 0 radical (unpaired) electrons. The molecule has 10 heteroatoms. The van der Waals surface area contributed by atoms with E-state index in [1.54, 1.807) is 34.9 Å². The highest BCUT2D eigenvalue weighted by atomic mass is 16.4. The van der Waals surface area contributed by atoms with Crippen LogP contribution in [-0.2, 0) is 14.4 Å². The summed E-state index contributed by atoms with van der Waals surface area (Å²) in [5, 5.41) is 25.6. The summed E-state index contributed by atoms with van der Waals surface area (Å²) in [7, 11) is 3.15. The van der Waals surface area contributed by atoms with E-state index in [0.717, 1.165) is 0 Å². The number of carbonyl (C=O) groups excluding carboxylic acids is 3. The number of nitrogens with zero attached hydrogens (tertiary/aromatic N) is 1. The van der Waals surface area contributed by atoms with Gasteiger partial charge in [-0.25, -0.2) is 4.79 Å². The van der Waals surface area contributed by atoms with Crippen molar-refractivity contribution in [2.24, 2.45) is 5.92 Å². The lowest BCUT2D eigenvalue weighted by Crippen LogP contribution is -2.54. The second kappa shape index (κ2) is 11.3. The van der Waals surface area contributed by atoms with Gasteiger partial charge in [-0.05, 0) is 12.3 Å². The molecule has 26 heavy (non-hydrogen) atoms. The Labute approximate surface area is 153 Å². The van der Waals surface area contributed by atoms with E-state index in [9.17, 15) is 24.3 Å². The number of carboxylic acid groups (broad SMARTS) is 1. The molecule has 4 amide bonds. The van der Waals surface area contributed by atoms with Crippen molar-refractivity contribution in [3.05, 3.63) is 0 Å². The summed E-state index contributed by atoms with van der Waals surface area (Å²) in [4.78, 5) is 48.1. The molecule has 3 atom stereocenters. The van der Waals surface area contributed by atoms with Crippen molar-refractivity contribution in [2.75, 3.05) is 20.6 Å². The third kappa shape index (κ3) is 8.15. The number of rotatable bonds is 10. The van der Waals surface area contributed by atoms with Crippen LogP contribution in [-0.4, -0.2) is 77.8 Å². The first-order chi connectivity index (χ1) is 12.0. The lowest BCUT2D eigenvalue weighted by molar-refractivity contribution is -0.136. The molecule has 0 spiro atoms. The van der Waals surface area contributed by atoms with Gasteiger partial charge in [0.25, 0.3) is 5.91 Å². The van der Waals surface area contributed by atoms with Crippen molar-refractivity contribution in [2.45, 2.75) is 51.8 Å². The summed E-state index contributed by atoms with van der Waals surface area (Å²) in [6.45, 7) is 4.90. The molecule has 0 rings (SSSR count). The van der Waals surface area contributed by atoms with E-state index < -0.39 is 42.6 Å². The smallest absolute Gasteiger partial charge is 0.404 e. The highest BCUT2D eigenvalue weighted by Crippen LogP contribution is 2.05. The van der Waals surface area contributed by atoms with E-state index in [1.807, 2.05) is 0 Å². The maximum Gasteiger partial charge on any atom is 0.404 e. The van der Waals surface area contributed by atoms with E-state index in [2.05, 4.69) is 16.0 Å². The van der Waals surface area contributed by atoms with E-state index in [4.69, 9.17) is 5.11 Å². The van der Waals surface area contributed by atoms with Gasteiger partial charge in [-0.15, -0.1) is 0 Å². The largest absolute Gasteiger partial charge is 0.465 e. The van der Waals surface area contributed by atoms with E-state index in [1.165, 1.54) is 4.90 Å². The van der Waals surface area contributed by atoms with Crippen LogP contribution in [0.5, 0.6) is 0 Å². The predicted octanol–water partition coefficient (Wildman–Crippen LogP) is -0.871. The molecular weight excluding hydrogens is 344 g/mol. The third-order valence-electron chi connectivity index (χ3n) is 3.67. The van der Waals surface area contributed by atoms with Crippen LogP contribution in [0.4, 0.5) is 4.79 Å². The number of amides is 4. The molecule has 10 nitrogen and oxygen atoms in total. The van der Waals surface area contributed by atoms with Gasteiger partial charge in [-0.2, -0.15) is 0 Å². The number of aliphatic hydroxyl groups is 1. The average Bonchev–Trinajstić information content (AvgIpc) is 2.54. The Morgan fingerprint density at radius 3 is 2.08 bits per heavy atom.